The van der Waals surface area contributed by atoms with Crippen molar-refractivity contribution < 1.29 is 4.39 Å². The molecule has 2 aliphatic rings. The number of hydrogen-bond donors (Lipinski definition) is 0. The van der Waals surface area contributed by atoms with Crippen molar-refractivity contribution in [2.75, 3.05) is 5.88 Å². The van der Waals surface area contributed by atoms with Crippen LogP contribution < -0.4 is 0 Å². The van der Waals surface area contributed by atoms with Crippen molar-refractivity contribution in [3.63, 3.8) is 0 Å². The second kappa shape index (κ2) is 4.13. The van der Waals surface area contributed by atoms with Gasteiger partial charge in [-0.2, -0.15) is 0 Å². The Bertz CT molecular complexity index is 414. The molecule has 0 radical (unpaired) electrons. The summed E-state index contributed by atoms with van der Waals surface area (Å²) in [5, 5.41) is 0.537. The molecule has 2 saturated carbocycles. The topological polar surface area (TPSA) is 0 Å². The fraction of sp³-hybridized carbons (Fsp3) is 0.571. The van der Waals surface area contributed by atoms with E-state index in [0.717, 1.165) is 24.7 Å². The number of fused-ring (bicyclic) bond motifs is 1. The molecule has 0 aliphatic heterocycles. The third kappa shape index (κ3) is 2.08. The Hall–Kier alpha value is -0.270. The monoisotopic (exact) mass is 272 g/mol. The summed E-state index contributed by atoms with van der Waals surface area (Å²) < 4.78 is 13.8. The molecule has 0 N–H and O–H groups in total. The first-order valence-electron chi connectivity index (χ1n) is 6.12. The molecular formula is C14H15Cl2F. The van der Waals surface area contributed by atoms with E-state index >= 15 is 0 Å². The van der Waals surface area contributed by atoms with Crippen molar-refractivity contribution in [2.24, 2.45) is 17.3 Å². The largest absolute Gasteiger partial charge is 0.207 e. The SMILES string of the molecule is Fc1cccc(Cl)c1CC1(CCl)CC2CC2C1. The fourth-order valence-corrected chi connectivity index (χ4v) is 3.93. The standard InChI is InChI=1S/C14H15Cl2F/c15-8-14(5-9-4-10(9)6-14)7-11-12(16)2-1-3-13(11)17/h1-3,9-10H,4-8H2. The van der Waals surface area contributed by atoms with Gasteiger partial charge in [-0.1, -0.05) is 17.7 Å². The van der Waals surface area contributed by atoms with Gasteiger partial charge in [0.2, 0.25) is 0 Å². The van der Waals surface area contributed by atoms with E-state index < -0.39 is 0 Å². The molecule has 2 aliphatic carbocycles. The van der Waals surface area contributed by atoms with Crippen molar-refractivity contribution in [2.45, 2.75) is 25.7 Å². The van der Waals surface area contributed by atoms with Crippen molar-refractivity contribution in [3.8, 4) is 0 Å². The zero-order valence-electron chi connectivity index (χ0n) is 9.56. The maximum absolute atomic E-state index is 13.8. The molecule has 0 spiro atoms. The number of alkyl halides is 1. The third-order valence-electron chi connectivity index (χ3n) is 4.36. The molecule has 1 aromatic rings. The third-order valence-corrected chi connectivity index (χ3v) is 5.28. The molecule has 0 heterocycles. The number of benzene rings is 1. The summed E-state index contributed by atoms with van der Waals surface area (Å²) in [4.78, 5) is 0. The molecule has 0 aromatic heterocycles. The maximum atomic E-state index is 13.8. The van der Waals surface area contributed by atoms with Crippen LogP contribution in [-0.4, -0.2) is 5.88 Å². The smallest absolute Gasteiger partial charge is 0.127 e. The van der Waals surface area contributed by atoms with Crippen LogP contribution in [0, 0.1) is 23.1 Å². The zero-order valence-corrected chi connectivity index (χ0v) is 11.1. The van der Waals surface area contributed by atoms with E-state index in [4.69, 9.17) is 23.2 Å². The molecular weight excluding hydrogens is 258 g/mol. The first kappa shape index (κ1) is 11.8. The summed E-state index contributed by atoms with van der Waals surface area (Å²) in [6.07, 6.45) is 4.33. The van der Waals surface area contributed by atoms with Gasteiger partial charge in [0.05, 0.1) is 0 Å². The van der Waals surface area contributed by atoms with Crippen LogP contribution in [0.2, 0.25) is 5.02 Å². The Morgan fingerprint density at radius 3 is 2.59 bits per heavy atom. The fourth-order valence-electron chi connectivity index (χ4n) is 3.38. The lowest BCUT2D eigenvalue weighted by Crippen LogP contribution is -2.24. The Labute approximate surface area is 111 Å². The molecule has 2 fully saturated rings. The van der Waals surface area contributed by atoms with Gasteiger partial charge in [0.15, 0.2) is 0 Å². The summed E-state index contributed by atoms with van der Waals surface area (Å²) in [6, 6.07) is 4.90. The molecule has 2 unspecified atom stereocenters. The van der Waals surface area contributed by atoms with Crippen molar-refractivity contribution in [3.05, 3.63) is 34.6 Å². The van der Waals surface area contributed by atoms with Gasteiger partial charge in [0, 0.05) is 16.5 Å². The second-order valence-corrected chi connectivity index (χ2v) is 6.35. The average molecular weight is 273 g/mol. The molecule has 92 valence electrons. The summed E-state index contributed by atoms with van der Waals surface area (Å²) in [5.41, 5.74) is 0.733. The van der Waals surface area contributed by atoms with Crippen molar-refractivity contribution in [1.82, 2.24) is 0 Å². The quantitative estimate of drug-likeness (QED) is 0.701. The molecule has 0 amide bonds. The minimum absolute atomic E-state index is 0.0843. The van der Waals surface area contributed by atoms with Crippen LogP contribution in [0.4, 0.5) is 4.39 Å². The van der Waals surface area contributed by atoms with Gasteiger partial charge in [-0.3, -0.25) is 0 Å². The van der Waals surface area contributed by atoms with E-state index in [1.165, 1.54) is 12.5 Å². The van der Waals surface area contributed by atoms with Crippen LogP contribution in [0.25, 0.3) is 0 Å². The highest BCUT2D eigenvalue weighted by molar-refractivity contribution is 6.31. The number of hydrogen-bond acceptors (Lipinski definition) is 0. The van der Waals surface area contributed by atoms with Gasteiger partial charge in [0.1, 0.15) is 5.82 Å². The Kier molecular flexibility index (Phi) is 2.87. The van der Waals surface area contributed by atoms with Crippen LogP contribution >= 0.6 is 23.2 Å². The van der Waals surface area contributed by atoms with E-state index in [9.17, 15) is 4.39 Å². The lowest BCUT2D eigenvalue weighted by atomic mass is 9.79. The molecule has 17 heavy (non-hydrogen) atoms. The van der Waals surface area contributed by atoms with Gasteiger partial charge >= 0.3 is 0 Å². The number of rotatable bonds is 3. The minimum atomic E-state index is -0.192. The Morgan fingerprint density at radius 2 is 2.00 bits per heavy atom. The Balaban J connectivity index is 1.86. The highest BCUT2D eigenvalue weighted by Gasteiger charge is 2.53. The molecule has 0 nitrogen and oxygen atoms in total. The highest BCUT2D eigenvalue weighted by Crippen LogP contribution is 2.61. The van der Waals surface area contributed by atoms with Crippen LogP contribution in [-0.2, 0) is 6.42 Å². The van der Waals surface area contributed by atoms with E-state index in [1.807, 2.05) is 0 Å². The van der Waals surface area contributed by atoms with Crippen LogP contribution in [0.3, 0.4) is 0 Å². The summed E-state index contributed by atoms with van der Waals surface area (Å²) in [7, 11) is 0. The minimum Gasteiger partial charge on any atom is -0.207 e. The van der Waals surface area contributed by atoms with Gasteiger partial charge in [-0.05, 0) is 55.1 Å². The molecule has 0 bridgehead atoms. The first-order valence-corrected chi connectivity index (χ1v) is 7.04. The van der Waals surface area contributed by atoms with Gasteiger partial charge in [-0.25, -0.2) is 4.39 Å². The van der Waals surface area contributed by atoms with E-state index in [1.54, 1.807) is 12.1 Å². The lowest BCUT2D eigenvalue weighted by Gasteiger charge is -2.29. The predicted octanol–water partition coefficient (Wildman–Crippen LogP) is 4.68. The molecule has 3 heteroatoms. The molecule has 2 atom stereocenters. The normalized spacial score (nSPS) is 34.8. The summed E-state index contributed by atoms with van der Waals surface area (Å²) in [6.45, 7) is 0. The van der Waals surface area contributed by atoms with Gasteiger partial charge in [0.25, 0.3) is 0 Å². The van der Waals surface area contributed by atoms with Crippen LogP contribution in [0.1, 0.15) is 24.8 Å². The summed E-state index contributed by atoms with van der Waals surface area (Å²) >= 11 is 12.2. The van der Waals surface area contributed by atoms with E-state index in [-0.39, 0.29) is 11.2 Å². The maximum Gasteiger partial charge on any atom is 0.127 e. The van der Waals surface area contributed by atoms with Crippen molar-refractivity contribution in [1.29, 1.82) is 0 Å². The van der Waals surface area contributed by atoms with Gasteiger partial charge < -0.3 is 0 Å². The van der Waals surface area contributed by atoms with Crippen LogP contribution in [0.15, 0.2) is 18.2 Å². The Morgan fingerprint density at radius 1 is 1.29 bits per heavy atom. The van der Waals surface area contributed by atoms with E-state index in [0.29, 0.717) is 22.9 Å². The molecule has 1 aromatic carbocycles. The number of halogens is 3. The van der Waals surface area contributed by atoms with Crippen LogP contribution in [0.5, 0.6) is 0 Å². The second-order valence-electron chi connectivity index (χ2n) is 5.67. The average Bonchev–Trinajstić information content (AvgIpc) is 2.93. The zero-order chi connectivity index (χ0) is 12.0. The van der Waals surface area contributed by atoms with Crippen molar-refractivity contribution >= 4 is 23.2 Å². The molecule has 0 saturated heterocycles. The van der Waals surface area contributed by atoms with E-state index in [2.05, 4.69) is 0 Å². The lowest BCUT2D eigenvalue weighted by molar-refractivity contribution is 0.299. The van der Waals surface area contributed by atoms with Gasteiger partial charge in [-0.15, -0.1) is 11.6 Å². The summed E-state index contributed by atoms with van der Waals surface area (Å²) in [5.74, 6) is 2.12. The highest BCUT2D eigenvalue weighted by atomic mass is 35.5. The molecule has 3 rings (SSSR count). The first-order chi connectivity index (χ1) is 8.13. The predicted molar refractivity (Wildman–Crippen MR) is 69.1 cm³/mol.